The molecule has 0 amide bonds. The summed E-state index contributed by atoms with van der Waals surface area (Å²) in [4.78, 5) is 8.36. The SMILES string of the molecule is CC(C)OC(C)C.O=CO. The second-order valence-corrected chi connectivity index (χ2v) is 2.34. The molecule has 0 saturated heterocycles. The molecule has 0 saturated carbocycles. The molecule has 0 heterocycles. The van der Waals surface area contributed by atoms with Gasteiger partial charge in [0.05, 0.1) is 12.2 Å². The molecule has 0 radical (unpaired) electrons. The van der Waals surface area contributed by atoms with Crippen molar-refractivity contribution in [3.8, 4) is 0 Å². The van der Waals surface area contributed by atoms with E-state index < -0.39 is 0 Å². The Hall–Kier alpha value is -0.570. The smallest absolute Gasteiger partial charge is 0.290 e. The van der Waals surface area contributed by atoms with Crippen LogP contribution in [0.25, 0.3) is 0 Å². The monoisotopic (exact) mass is 148 g/mol. The lowest BCUT2D eigenvalue weighted by Gasteiger charge is -2.09. The lowest BCUT2D eigenvalue weighted by Crippen LogP contribution is -2.09. The molecule has 0 aliphatic carbocycles. The molecule has 3 nitrogen and oxygen atoms in total. The fraction of sp³-hybridized carbons (Fsp3) is 0.857. The van der Waals surface area contributed by atoms with Gasteiger partial charge in [-0.25, -0.2) is 0 Å². The summed E-state index contributed by atoms with van der Waals surface area (Å²) in [6.45, 7) is 7.92. The van der Waals surface area contributed by atoms with Gasteiger partial charge in [0.15, 0.2) is 0 Å². The Morgan fingerprint density at radius 3 is 1.40 bits per heavy atom. The Balaban J connectivity index is 0. The Labute approximate surface area is 62.0 Å². The fourth-order valence-corrected chi connectivity index (χ4v) is 0.544. The van der Waals surface area contributed by atoms with Gasteiger partial charge in [0.2, 0.25) is 0 Å². The van der Waals surface area contributed by atoms with E-state index >= 15 is 0 Å². The summed E-state index contributed by atoms with van der Waals surface area (Å²) in [6.07, 6.45) is 0.750. The van der Waals surface area contributed by atoms with Crippen molar-refractivity contribution in [1.82, 2.24) is 0 Å². The predicted octanol–water partition coefficient (Wildman–Crippen LogP) is 1.52. The Bertz CT molecular complexity index is 63.3. The summed E-state index contributed by atoms with van der Waals surface area (Å²) in [5.74, 6) is 0. The van der Waals surface area contributed by atoms with E-state index in [4.69, 9.17) is 14.6 Å². The van der Waals surface area contributed by atoms with Gasteiger partial charge in [-0.1, -0.05) is 0 Å². The zero-order valence-electron chi connectivity index (χ0n) is 7.00. The van der Waals surface area contributed by atoms with Crippen LogP contribution in [0.4, 0.5) is 0 Å². The lowest BCUT2D eigenvalue weighted by molar-refractivity contribution is -0.122. The molecule has 0 aromatic rings. The van der Waals surface area contributed by atoms with Gasteiger partial charge >= 0.3 is 0 Å². The number of hydrogen-bond donors (Lipinski definition) is 1. The highest BCUT2D eigenvalue weighted by Crippen LogP contribution is 1.93. The molecular weight excluding hydrogens is 132 g/mol. The van der Waals surface area contributed by atoms with Crippen LogP contribution in [0.2, 0.25) is 0 Å². The highest BCUT2D eigenvalue weighted by Gasteiger charge is 1.94. The fourth-order valence-electron chi connectivity index (χ4n) is 0.544. The first-order valence-electron chi connectivity index (χ1n) is 3.27. The molecular formula is C7H16O3. The molecule has 62 valence electrons. The van der Waals surface area contributed by atoms with Crippen molar-refractivity contribution in [3.63, 3.8) is 0 Å². The van der Waals surface area contributed by atoms with E-state index in [2.05, 4.69) is 0 Å². The van der Waals surface area contributed by atoms with Crippen LogP contribution in [0.15, 0.2) is 0 Å². The summed E-state index contributed by atoms with van der Waals surface area (Å²) >= 11 is 0. The molecule has 0 aliphatic heterocycles. The number of hydrogen-bond acceptors (Lipinski definition) is 2. The Morgan fingerprint density at radius 2 is 1.40 bits per heavy atom. The first kappa shape index (κ1) is 12.1. The van der Waals surface area contributed by atoms with Crippen LogP contribution in [0, 0.1) is 0 Å². The van der Waals surface area contributed by atoms with E-state index in [0.717, 1.165) is 0 Å². The zero-order chi connectivity index (χ0) is 8.57. The molecule has 0 fully saturated rings. The third kappa shape index (κ3) is 26.1. The van der Waals surface area contributed by atoms with E-state index in [1.807, 2.05) is 27.7 Å². The molecule has 0 spiro atoms. The number of carboxylic acid groups (broad SMARTS) is 1. The molecule has 3 heteroatoms. The summed E-state index contributed by atoms with van der Waals surface area (Å²) in [7, 11) is 0. The molecule has 0 rings (SSSR count). The van der Waals surface area contributed by atoms with Crippen molar-refractivity contribution in [1.29, 1.82) is 0 Å². The van der Waals surface area contributed by atoms with Gasteiger partial charge in [0.25, 0.3) is 6.47 Å². The first-order valence-corrected chi connectivity index (χ1v) is 3.27. The number of rotatable bonds is 2. The van der Waals surface area contributed by atoms with Gasteiger partial charge in [-0.2, -0.15) is 0 Å². The van der Waals surface area contributed by atoms with E-state index in [1.165, 1.54) is 0 Å². The van der Waals surface area contributed by atoms with Crippen LogP contribution in [0.1, 0.15) is 27.7 Å². The van der Waals surface area contributed by atoms with Gasteiger partial charge in [-0.05, 0) is 27.7 Å². The largest absolute Gasteiger partial charge is 0.483 e. The minimum absolute atomic E-state index is 0.250. The van der Waals surface area contributed by atoms with Crippen LogP contribution in [-0.4, -0.2) is 23.8 Å². The summed E-state index contributed by atoms with van der Waals surface area (Å²) < 4.78 is 5.25. The van der Waals surface area contributed by atoms with E-state index in [9.17, 15) is 0 Å². The Kier molecular flexibility index (Phi) is 10.2. The molecule has 0 unspecified atom stereocenters. The zero-order valence-corrected chi connectivity index (χ0v) is 7.00. The van der Waals surface area contributed by atoms with Gasteiger partial charge in [0.1, 0.15) is 0 Å². The average molecular weight is 148 g/mol. The maximum Gasteiger partial charge on any atom is 0.290 e. The summed E-state index contributed by atoms with van der Waals surface area (Å²) in [6, 6.07) is 0. The maximum absolute atomic E-state index is 8.36. The second kappa shape index (κ2) is 8.43. The van der Waals surface area contributed by atoms with Crippen molar-refractivity contribution < 1.29 is 14.6 Å². The van der Waals surface area contributed by atoms with E-state index in [-0.39, 0.29) is 6.47 Å². The van der Waals surface area contributed by atoms with Crippen molar-refractivity contribution in [2.45, 2.75) is 39.9 Å². The number of ether oxygens (including phenoxy) is 1. The summed E-state index contributed by atoms with van der Waals surface area (Å²) in [5.41, 5.74) is 0. The van der Waals surface area contributed by atoms with Gasteiger partial charge in [-0.15, -0.1) is 0 Å². The van der Waals surface area contributed by atoms with Crippen LogP contribution >= 0.6 is 0 Å². The van der Waals surface area contributed by atoms with Gasteiger partial charge in [-0.3, -0.25) is 4.79 Å². The second-order valence-electron chi connectivity index (χ2n) is 2.34. The third-order valence-corrected chi connectivity index (χ3v) is 0.544. The van der Waals surface area contributed by atoms with E-state index in [1.54, 1.807) is 0 Å². The van der Waals surface area contributed by atoms with Crippen LogP contribution < -0.4 is 0 Å². The summed E-state index contributed by atoms with van der Waals surface area (Å²) in [5, 5.41) is 6.89. The topological polar surface area (TPSA) is 46.5 Å². The van der Waals surface area contributed by atoms with E-state index in [0.29, 0.717) is 12.2 Å². The van der Waals surface area contributed by atoms with Crippen molar-refractivity contribution in [3.05, 3.63) is 0 Å². The average Bonchev–Trinajstić information content (AvgIpc) is 1.62. The predicted molar refractivity (Wildman–Crippen MR) is 40.0 cm³/mol. The minimum Gasteiger partial charge on any atom is -0.483 e. The van der Waals surface area contributed by atoms with Crippen LogP contribution in [0.5, 0.6) is 0 Å². The van der Waals surface area contributed by atoms with Gasteiger partial charge in [0, 0.05) is 0 Å². The van der Waals surface area contributed by atoms with Crippen molar-refractivity contribution in [2.24, 2.45) is 0 Å². The lowest BCUT2D eigenvalue weighted by atomic mass is 10.4. The Morgan fingerprint density at radius 1 is 1.20 bits per heavy atom. The van der Waals surface area contributed by atoms with Crippen LogP contribution in [0.3, 0.4) is 0 Å². The minimum atomic E-state index is -0.250. The van der Waals surface area contributed by atoms with Crippen LogP contribution in [-0.2, 0) is 9.53 Å². The maximum atomic E-state index is 8.36. The highest BCUT2D eigenvalue weighted by molar-refractivity contribution is 5.32. The molecule has 0 atom stereocenters. The van der Waals surface area contributed by atoms with Crippen molar-refractivity contribution in [2.75, 3.05) is 0 Å². The highest BCUT2D eigenvalue weighted by atomic mass is 16.5. The molecule has 0 aliphatic rings. The standard InChI is InChI=1S/C6H14O.CH2O2/c1-5(2)7-6(3)4;2-1-3/h5-6H,1-4H3;1H,(H,2,3). The third-order valence-electron chi connectivity index (χ3n) is 0.544. The number of carbonyl (C=O) groups is 1. The molecule has 0 aromatic heterocycles. The quantitative estimate of drug-likeness (QED) is 0.604. The molecule has 0 aromatic carbocycles. The van der Waals surface area contributed by atoms with Gasteiger partial charge < -0.3 is 9.84 Å². The molecule has 10 heavy (non-hydrogen) atoms. The molecule has 1 N–H and O–H groups in total. The van der Waals surface area contributed by atoms with Crippen molar-refractivity contribution >= 4 is 6.47 Å². The molecule has 0 bridgehead atoms. The first-order chi connectivity index (χ1) is 4.54. The normalized spacial score (nSPS) is 9.00.